The summed E-state index contributed by atoms with van der Waals surface area (Å²) in [5.74, 6) is -2.24. The fourth-order valence-corrected chi connectivity index (χ4v) is 3.85. The minimum absolute atomic E-state index is 0.119. The van der Waals surface area contributed by atoms with Crippen molar-refractivity contribution >= 4 is 11.9 Å². The number of likely N-dealkylation sites (tertiary alicyclic amines) is 1. The van der Waals surface area contributed by atoms with Gasteiger partial charge in [0.2, 0.25) is 5.91 Å². The van der Waals surface area contributed by atoms with Gasteiger partial charge in [-0.25, -0.2) is 0 Å². The second kappa shape index (κ2) is 8.56. The Bertz CT molecular complexity index is 833. The van der Waals surface area contributed by atoms with Crippen LogP contribution in [0, 0.1) is 18.8 Å². The number of benzene rings is 1. The molecule has 1 saturated heterocycles. The normalized spacial score (nSPS) is 19.7. The summed E-state index contributed by atoms with van der Waals surface area (Å²) in [5.41, 5.74) is 3.01. The molecule has 7 nitrogen and oxygen atoms in total. The van der Waals surface area contributed by atoms with Crippen molar-refractivity contribution in [3.63, 3.8) is 0 Å². The Labute approximate surface area is 165 Å². The van der Waals surface area contributed by atoms with Gasteiger partial charge in [-0.2, -0.15) is 5.10 Å². The zero-order chi connectivity index (χ0) is 20.3. The first-order valence-electron chi connectivity index (χ1n) is 9.66. The molecule has 1 fully saturated rings. The third kappa shape index (κ3) is 4.42. The summed E-state index contributed by atoms with van der Waals surface area (Å²) in [6.45, 7) is 6.66. The number of amides is 1. The van der Waals surface area contributed by atoms with Crippen LogP contribution in [-0.4, -0.2) is 56.7 Å². The van der Waals surface area contributed by atoms with Crippen molar-refractivity contribution in [2.24, 2.45) is 11.8 Å². The number of nitrogens with zero attached hydrogens (tertiary/aromatic N) is 4. The van der Waals surface area contributed by atoms with Gasteiger partial charge in [-0.3, -0.25) is 19.2 Å². The minimum Gasteiger partial charge on any atom is -0.481 e. The number of aliphatic carboxylic acids is 1. The van der Waals surface area contributed by atoms with E-state index < -0.39 is 17.8 Å². The summed E-state index contributed by atoms with van der Waals surface area (Å²) < 4.78 is 1.85. The van der Waals surface area contributed by atoms with Gasteiger partial charge in [-0.05, 0) is 19.4 Å². The molecule has 0 unspecified atom stereocenters. The molecule has 2 aromatic rings. The van der Waals surface area contributed by atoms with Crippen LogP contribution in [0.3, 0.4) is 0 Å². The maximum Gasteiger partial charge on any atom is 0.308 e. The van der Waals surface area contributed by atoms with Crippen molar-refractivity contribution < 1.29 is 14.7 Å². The lowest BCUT2D eigenvalue weighted by Crippen LogP contribution is -2.38. The largest absolute Gasteiger partial charge is 0.481 e. The van der Waals surface area contributed by atoms with Gasteiger partial charge in [0.05, 0.1) is 17.5 Å². The summed E-state index contributed by atoms with van der Waals surface area (Å²) in [6.07, 6.45) is 1.95. The second-order valence-electron chi connectivity index (χ2n) is 7.52. The van der Waals surface area contributed by atoms with E-state index in [4.69, 9.17) is 0 Å². The van der Waals surface area contributed by atoms with E-state index in [9.17, 15) is 14.7 Å². The quantitative estimate of drug-likeness (QED) is 0.790. The number of hydrogen-bond acceptors (Lipinski definition) is 4. The molecule has 2 atom stereocenters. The standard InChI is InChI=1S/C21H28N4O3/c1-4-25-12-17(15(2)22-25)11-23(3)20(26)18-13-24(14-19(18)21(27)28)10-16-8-6-5-7-9-16/h5-9,12,18-19H,4,10-11,13-14H2,1-3H3,(H,27,28)/t18-,19+/m0/s1. The fraction of sp³-hybridized carbons (Fsp3) is 0.476. The van der Waals surface area contributed by atoms with Crippen LogP contribution in [0.15, 0.2) is 36.5 Å². The Morgan fingerprint density at radius 1 is 1.21 bits per heavy atom. The minimum atomic E-state index is -0.905. The van der Waals surface area contributed by atoms with Crippen LogP contribution in [0.25, 0.3) is 0 Å². The number of rotatable bonds is 7. The Kier molecular flexibility index (Phi) is 6.14. The van der Waals surface area contributed by atoms with Gasteiger partial charge in [-0.1, -0.05) is 30.3 Å². The van der Waals surface area contributed by atoms with E-state index in [1.54, 1.807) is 11.9 Å². The van der Waals surface area contributed by atoms with E-state index in [-0.39, 0.29) is 5.91 Å². The van der Waals surface area contributed by atoms with Gasteiger partial charge < -0.3 is 10.0 Å². The molecule has 150 valence electrons. The fourth-order valence-electron chi connectivity index (χ4n) is 3.85. The molecule has 3 rings (SSSR count). The molecule has 1 amide bonds. The number of aromatic nitrogens is 2. The van der Waals surface area contributed by atoms with Crippen LogP contribution in [0.1, 0.15) is 23.7 Å². The highest BCUT2D eigenvalue weighted by atomic mass is 16.4. The highest BCUT2D eigenvalue weighted by Crippen LogP contribution is 2.27. The smallest absolute Gasteiger partial charge is 0.308 e. The summed E-state index contributed by atoms with van der Waals surface area (Å²) in [5, 5.41) is 14.1. The lowest BCUT2D eigenvalue weighted by molar-refractivity contribution is -0.148. The van der Waals surface area contributed by atoms with Crippen LogP contribution in [0.5, 0.6) is 0 Å². The maximum atomic E-state index is 13.1. The molecule has 0 bridgehead atoms. The Balaban J connectivity index is 1.69. The predicted octanol–water partition coefficient (Wildman–Crippen LogP) is 2.00. The molecule has 28 heavy (non-hydrogen) atoms. The summed E-state index contributed by atoms with van der Waals surface area (Å²) in [4.78, 5) is 28.5. The zero-order valence-corrected chi connectivity index (χ0v) is 16.7. The van der Waals surface area contributed by atoms with Crippen molar-refractivity contribution in [2.45, 2.75) is 33.5 Å². The average Bonchev–Trinajstić information content (AvgIpc) is 3.25. The van der Waals surface area contributed by atoms with Crippen LogP contribution >= 0.6 is 0 Å². The summed E-state index contributed by atoms with van der Waals surface area (Å²) in [7, 11) is 1.74. The van der Waals surface area contributed by atoms with Crippen LogP contribution in [-0.2, 0) is 29.2 Å². The van der Waals surface area contributed by atoms with Crippen molar-refractivity contribution in [3.05, 3.63) is 53.3 Å². The SMILES string of the molecule is CCn1cc(CN(C)C(=O)[C@H]2CN(Cc3ccccc3)C[C@H]2C(=O)O)c(C)n1. The van der Waals surface area contributed by atoms with Gasteiger partial charge in [0.15, 0.2) is 0 Å². The monoisotopic (exact) mass is 384 g/mol. The molecular formula is C21H28N4O3. The highest BCUT2D eigenvalue weighted by Gasteiger charge is 2.42. The molecule has 0 saturated carbocycles. The Morgan fingerprint density at radius 3 is 2.50 bits per heavy atom. The van der Waals surface area contributed by atoms with E-state index in [0.29, 0.717) is 26.2 Å². The maximum absolute atomic E-state index is 13.1. The van der Waals surface area contributed by atoms with Gasteiger partial charge in [0.1, 0.15) is 0 Å². The third-order valence-corrected chi connectivity index (χ3v) is 5.43. The molecule has 1 aliphatic rings. The van der Waals surface area contributed by atoms with Crippen LogP contribution < -0.4 is 0 Å². The average molecular weight is 384 g/mol. The molecule has 1 N–H and O–H groups in total. The van der Waals surface area contributed by atoms with Crippen molar-refractivity contribution in [3.8, 4) is 0 Å². The molecule has 0 radical (unpaired) electrons. The number of carbonyl (C=O) groups excluding carboxylic acids is 1. The van der Waals surface area contributed by atoms with E-state index in [2.05, 4.69) is 10.00 Å². The van der Waals surface area contributed by atoms with Crippen molar-refractivity contribution in [1.82, 2.24) is 19.6 Å². The number of carboxylic acids is 1. The number of hydrogen-bond donors (Lipinski definition) is 1. The molecule has 1 aromatic heterocycles. The first-order valence-corrected chi connectivity index (χ1v) is 9.66. The van der Waals surface area contributed by atoms with Gasteiger partial charge in [-0.15, -0.1) is 0 Å². The number of carboxylic acid groups (broad SMARTS) is 1. The van der Waals surface area contributed by atoms with Gasteiger partial charge in [0, 0.05) is 51.5 Å². The third-order valence-electron chi connectivity index (χ3n) is 5.43. The molecule has 1 aliphatic heterocycles. The Morgan fingerprint density at radius 2 is 1.89 bits per heavy atom. The topological polar surface area (TPSA) is 78.7 Å². The predicted molar refractivity (Wildman–Crippen MR) is 105 cm³/mol. The summed E-state index contributed by atoms with van der Waals surface area (Å²) in [6, 6.07) is 9.93. The molecular weight excluding hydrogens is 356 g/mol. The van der Waals surface area contributed by atoms with E-state index in [1.807, 2.05) is 55.1 Å². The lowest BCUT2D eigenvalue weighted by atomic mass is 9.95. The van der Waals surface area contributed by atoms with E-state index in [0.717, 1.165) is 23.4 Å². The van der Waals surface area contributed by atoms with E-state index >= 15 is 0 Å². The van der Waals surface area contributed by atoms with Crippen LogP contribution in [0.4, 0.5) is 0 Å². The summed E-state index contributed by atoms with van der Waals surface area (Å²) >= 11 is 0. The van der Waals surface area contributed by atoms with Gasteiger partial charge >= 0.3 is 5.97 Å². The molecule has 2 heterocycles. The first-order chi connectivity index (χ1) is 13.4. The van der Waals surface area contributed by atoms with Crippen molar-refractivity contribution in [1.29, 1.82) is 0 Å². The van der Waals surface area contributed by atoms with Gasteiger partial charge in [0.25, 0.3) is 0 Å². The number of aryl methyl sites for hydroxylation is 2. The highest BCUT2D eigenvalue weighted by molar-refractivity contribution is 5.85. The lowest BCUT2D eigenvalue weighted by Gasteiger charge is -2.23. The second-order valence-corrected chi connectivity index (χ2v) is 7.52. The Hall–Kier alpha value is -2.67. The molecule has 0 spiro atoms. The van der Waals surface area contributed by atoms with Crippen molar-refractivity contribution in [2.75, 3.05) is 20.1 Å². The van der Waals surface area contributed by atoms with Crippen LogP contribution in [0.2, 0.25) is 0 Å². The number of carbonyl (C=O) groups is 2. The first kappa shape index (κ1) is 20.1. The zero-order valence-electron chi connectivity index (χ0n) is 16.7. The molecule has 7 heteroatoms. The molecule has 0 aliphatic carbocycles. The molecule has 1 aromatic carbocycles. The van der Waals surface area contributed by atoms with E-state index in [1.165, 1.54) is 0 Å².